The monoisotopic (exact) mass is 220 g/mol. The van der Waals surface area contributed by atoms with Crippen molar-refractivity contribution in [3.63, 3.8) is 0 Å². The smallest absolute Gasteiger partial charge is 0.308 e. The number of rotatable bonds is 4. The van der Waals surface area contributed by atoms with Crippen LogP contribution in [0.1, 0.15) is 25.7 Å². The summed E-state index contributed by atoms with van der Waals surface area (Å²) in [5.74, 6) is 0.683. The molecule has 0 amide bonds. The number of carbonyl (C=O) groups excluding carboxylic acids is 1. The van der Waals surface area contributed by atoms with Crippen LogP contribution in [0, 0.1) is 11.8 Å². The average molecular weight is 220 g/mol. The summed E-state index contributed by atoms with van der Waals surface area (Å²) in [6, 6.07) is 0. The van der Waals surface area contributed by atoms with Crippen LogP contribution >= 0.6 is 0 Å². The summed E-state index contributed by atoms with van der Waals surface area (Å²) in [6.45, 7) is 3.61. The van der Waals surface area contributed by atoms with Gasteiger partial charge in [0.15, 0.2) is 0 Å². The highest BCUT2D eigenvalue weighted by Gasteiger charge is 2.25. The third-order valence-corrected chi connectivity index (χ3v) is 3.05. The van der Waals surface area contributed by atoms with Crippen molar-refractivity contribution in [1.82, 2.24) is 0 Å². The van der Waals surface area contributed by atoms with E-state index >= 15 is 0 Å². The molecule has 2 nitrogen and oxygen atoms in total. The maximum atomic E-state index is 11.3. The van der Waals surface area contributed by atoms with E-state index in [2.05, 4.69) is 18.7 Å². The van der Waals surface area contributed by atoms with E-state index in [1.54, 1.807) is 6.08 Å². The molecule has 0 saturated heterocycles. The van der Waals surface area contributed by atoms with Gasteiger partial charge < -0.3 is 4.74 Å². The Morgan fingerprint density at radius 3 is 2.44 bits per heavy atom. The van der Waals surface area contributed by atoms with Crippen molar-refractivity contribution in [1.29, 1.82) is 0 Å². The highest BCUT2D eigenvalue weighted by molar-refractivity contribution is 5.72. The maximum Gasteiger partial charge on any atom is 0.308 e. The molecule has 0 aliphatic heterocycles. The van der Waals surface area contributed by atoms with Crippen molar-refractivity contribution < 1.29 is 9.53 Å². The van der Waals surface area contributed by atoms with Gasteiger partial charge in [0.25, 0.3) is 0 Å². The topological polar surface area (TPSA) is 26.3 Å². The first-order valence-electron chi connectivity index (χ1n) is 5.81. The van der Waals surface area contributed by atoms with Crippen LogP contribution in [0.2, 0.25) is 0 Å². The van der Waals surface area contributed by atoms with Gasteiger partial charge in [-0.25, -0.2) is 0 Å². The number of carbonyl (C=O) groups is 1. The van der Waals surface area contributed by atoms with Crippen molar-refractivity contribution >= 4 is 5.97 Å². The molecular formula is C14H20O2. The third-order valence-electron chi connectivity index (χ3n) is 3.05. The second-order valence-electron chi connectivity index (χ2n) is 4.14. The fraction of sp³-hybridized carbons (Fsp3) is 0.500. The summed E-state index contributed by atoms with van der Waals surface area (Å²) in [6.07, 6.45) is 14.0. The molecule has 0 aromatic rings. The summed E-state index contributed by atoms with van der Waals surface area (Å²) in [5, 5.41) is 0. The van der Waals surface area contributed by atoms with Crippen molar-refractivity contribution in [3.8, 4) is 0 Å². The van der Waals surface area contributed by atoms with Crippen molar-refractivity contribution in [2.45, 2.75) is 25.7 Å². The van der Waals surface area contributed by atoms with Gasteiger partial charge >= 0.3 is 5.97 Å². The van der Waals surface area contributed by atoms with Crippen LogP contribution in [-0.2, 0) is 9.53 Å². The Bertz CT molecular complexity index is 281. The SMILES string of the molecule is C=C/C=C\C=C\C1CCC(C(=O)OC)CC1. The third kappa shape index (κ3) is 4.05. The van der Waals surface area contributed by atoms with Crippen LogP contribution in [-0.4, -0.2) is 13.1 Å². The van der Waals surface area contributed by atoms with Gasteiger partial charge in [0, 0.05) is 0 Å². The van der Waals surface area contributed by atoms with Gasteiger partial charge in [0.05, 0.1) is 13.0 Å². The zero-order valence-electron chi connectivity index (χ0n) is 9.89. The van der Waals surface area contributed by atoms with E-state index in [0.29, 0.717) is 5.92 Å². The Hall–Kier alpha value is -1.31. The fourth-order valence-corrected chi connectivity index (χ4v) is 2.08. The van der Waals surface area contributed by atoms with E-state index < -0.39 is 0 Å². The van der Waals surface area contributed by atoms with Crippen LogP contribution < -0.4 is 0 Å². The predicted octanol–water partition coefficient (Wildman–Crippen LogP) is 3.26. The molecule has 0 aromatic heterocycles. The molecule has 2 heteroatoms. The molecule has 16 heavy (non-hydrogen) atoms. The van der Waals surface area contributed by atoms with Crippen LogP contribution in [0.4, 0.5) is 0 Å². The van der Waals surface area contributed by atoms with Gasteiger partial charge in [-0.05, 0) is 31.6 Å². The normalized spacial score (nSPS) is 26.1. The first kappa shape index (κ1) is 12.8. The van der Waals surface area contributed by atoms with Gasteiger partial charge in [0.2, 0.25) is 0 Å². The highest BCUT2D eigenvalue weighted by atomic mass is 16.5. The average Bonchev–Trinajstić information content (AvgIpc) is 2.34. The summed E-state index contributed by atoms with van der Waals surface area (Å²) in [7, 11) is 1.47. The molecule has 0 spiro atoms. The van der Waals surface area contributed by atoms with Crippen LogP contribution in [0.25, 0.3) is 0 Å². The molecule has 1 aliphatic rings. The summed E-state index contributed by atoms with van der Waals surface area (Å²) in [4.78, 5) is 11.3. The molecule has 0 unspecified atom stereocenters. The Balaban J connectivity index is 2.31. The zero-order chi connectivity index (χ0) is 11.8. The Morgan fingerprint density at radius 2 is 1.88 bits per heavy atom. The van der Waals surface area contributed by atoms with Gasteiger partial charge in [-0.1, -0.05) is 37.0 Å². The molecule has 1 fully saturated rings. The zero-order valence-corrected chi connectivity index (χ0v) is 9.89. The predicted molar refractivity (Wildman–Crippen MR) is 65.9 cm³/mol. The van der Waals surface area contributed by atoms with Gasteiger partial charge in [-0.3, -0.25) is 4.79 Å². The quantitative estimate of drug-likeness (QED) is 0.537. The lowest BCUT2D eigenvalue weighted by atomic mass is 9.82. The van der Waals surface area contributed by atoms with E-state index in [9.17, 15) is 4.79 Å². The standard InChI is InChI=1S/C14H20O2/c1-3-4-5-6-7-12-8-10-13(11-9-12)14(15)16-2/h3-7,12-13H,1,8-11H2,2H3/b5-4-,7-6+. The fourth-order valence-electron chi connectivity index (χ4n) is 2.08. The summed E-state index contributed by atoms with van der Waals surface area (Å²) < 4.78 is 4.76. The van der Waals surface area contributed by atoms with E-state index in [1.165, 1.54) is 7.11 Å². The number of hydrogen-bond acceptors (Lipinski definition) is 2. The molecule has 1 rings (SSSR count). The molecule has 0 N–H and O–H groups in total. The lowest BCUT2D eigenvalue weighted by Crippen LogP contribution is -2.22. The van der Waals surface area contributed by atoms with Crippen LogP contribution in [0.5, 0.6) is 0 Å². The van der Waals surface area contributed by atoms with E-state index in [4.69, 9.17) is 4.74 Å². The minimum Gasteiger partial charge on any atom is -0.469 e. The van der Waals surface area contributed by atoms with Crippen LogP contribution in [0.3, 0.4) is 0 Å². The van der Waals surface area contributed by atoms with E-state index in [0.717, 1.165) is 25.7 Å². The molecule has 0 radical (unpaired) electrons. The van der Waals surface area contributed by atoms with Crippen molar-refractivity contribution in [3.05, 3.63) is 37.0 Å². The van der Waals surface area contributed by atoms with Gasteiger partial charge in [0.1, 0.15) is 0 Å². The van der Waals surface area contributed by atoms with E-state index in [-0.39, 0.29) is 11.9 Å². The lowest BCUT2D eigenvalue weighted by molar-refractivity contribution is -0.146. The number of esters is 1. The van der Waals surface area contributed by atoms with Gasteiger partial charge in [-0.2, -0.15) is 0 Å². The van der Waals surface area contributed by atoms with Crippen molar-refractivity contribution in [2.75, 3.05) is 7.11 Å². The molecule has 0 atom stereocenters. The second-order valence-corrected chi connectivity index (χ2v) is 4.14. The maximum absolute atomic E-state index is 11.3. The molecule has 1 saturated carbocycles. The highest BCUT2D eigenvalue weighted by Crippen LogP contribution is 2.30. The number of ether oxygens (including phenoxy) is 1. The van der Waals surface area contributed by atoms with Crippen molar-refractivity contribution in [2.24, 2.45) is 11.8 Å². The number of methoxy groups -OCH3 is 1. The molecule has 1 aliphatic carbocycles. The summed E-state index contributed by atoms with van der Waals surface area (Å²) >= 11 is 0. The minimum absolute atomic E-state index is 0.0472. The summed E-state index contributed by atoms with van der Waals surface area (Å²) in [5.41, 5.74) is 0. The first-order chi connectivity index (χ1) is 7.77. The largest absolute Gasteiger partial charge is 0.469 e. The molecule has 0 aromatic carbocycles. The lowest BCUT2D eigenvalue weighted by Gasteiger charge is -2.24. The second kappa shape index (κ2) is 7.04. The molecule has 0 bridgehead atoms. The first-order valence-corrected chi connectivity index (χ1v) is 5.81. The van der Waals surface area contributed by atoms with Crippen LogP contribution in [0.15, 0.2) is 37.0 Å². The molecule has 88 valence electrons. The molecular weight excluding hydrogens is 200 g/mol. The number of hydrogen-bond donors (Lipinski definition) is 0. The Kier molecular flexibility index (Phi) is 5.62. The van der Waals surface area contributed by atoms with E-state index in [1.807, 2.05) is 12.2 Å². The minimum atomic E-state index is -0.0472. The van der Waals surface area contributed by atoms with Gasteiger partial charge in [-0.15, -0.1) is 0 Å². The molecule has 0 heterocycles. The Morgan fingerprint density at radius 1 is 1.19 bits per heavy atom. The number of allylic oxidation sites excluding steroid dienone is 5. The Labute approximate surface area is 97.7 Å².